The predicted molar refractivity (Wildman–Crippen MR) is 63.5 cm³/mol. The lowest BCUT2D eigenvalue weighted by molar-refractivity contribution is 0.268. The van der Waals surface area contributed by atoms with Crippen molar-refractivity contribution in [1.29, 1.82) is 0 Å². The maximum absolute atomic E-state index is 11.2. The first-order chi connectivity index (χ1) is 7.00. The molecule has 0 aliphatic carbocycles. The second kappa shape index (κ2) is 8.11. The van der Waals surface area contributed by atoms with Gasteiger partial charge in [-0.1, -0.05) is 45.4 Å². The summed E-state index contributed by atoms with van der Waals surface area (Å²) >= 11 is 0. The molecule has 1 unspecified atom stereocenters. The molecule has 0 bridgehead atoms. The van der Waals surface area contributed by atoms with E-state index in [1.165, 1.54) is 32.6 Å². The first-order valence-electron chi connectivity index (χ1n) is 5.90. The summed E-state index contributed by atoms with van der Waals surface area (Å²) in [6.45, 7) is 3.49. The van der Waals surface area contributed by atoms with Crippen molar-refractivity contribution in [3.8, 4) is 0 Å². The van der Waals surface area contributed by atoms with Crippen LogP contribution >= 0.6 is 0 Å². The maximum Gasteiger partial charge on any atom is 0.176 e. The Labute approximate surface area is 93.8 Å². The van der Waals surface area contributed by atoms with Crippen LogP contribution in [-0.2, 0) is 9.84 Å². The largest absolute Gasteiger partial charge is 0.377 e. The zero-order chi connectivity index (χ0) is 11.7. The van der Waals surface area contributed by atoms with Crippen molar-refractivity contribution < 1.29 is 13.5 Å². The minimum Gasteiger partial charge on any atom is -0.377 e. The Balaban J connectivity index is 3.39. The molecule has 92 valence electrons. The van der Waals surface area contributed by atoms with Gasteiger partial charge < -0.3 is 5.11 Å². The molecule has 0 rings (SSSR count). The van der Waals surface area contributed by atoms with Gasteiger partial charge in [0.2, 0.25) is 0 Å². The second-order valence-electron chi connectivity index (χ2n) is 4.09. The van der Waals surface area contributed by atoms with Crippen molar-refractivity contribution in [2.75, 3.05) is 5.75 Å². The van der Waals surface area contributed by atoms with Crippen LogP contribution in [0.3, 0.4) is 0 Å². The second-order valence-corrected chi connectivity index (χ2v) is 6.50. The molecule has 0 saturated carbocycles. The fourth-order valence-corrected chi connectivity index (χ4v) is 2.38. The summed E-state index contributed by atoms with van der Waals surface area (Å²) in [5.74, 6) is 0.123. The van der Waals surface area contributed by atoms with Gasteiger partial charge in [0.15, 0.2) is 15.3 Å². The van der Waals surface area contributed by atoms with Gasteiger partial charge in [-0.05, 0) is 13.3 Å². The highest BCUT2D eigenvalue weighted by molar-refractivity contribution is 7.91. The summed E-state index contributed by atoms with van der Waals surface area (Å²) < 4.78 is 22.4. The molecule has 0 heterocycles. The van der Waals surface area contributed by atoms with Gasteiger partial charge in [0, 0.05) is 0 Å². The zero-order valence-electron chi connectivity index (χ0n) is 9.91. The van der Waals surface area contributed by atoms with E-state index in [-0.39, 0.29) is 5.75 Å². The Morgan fingerprint density at radius 2 is 1.47 bits per heavy atom. The van der Waals surface area contributed by atoms with Crippen molar-refractivity contribution in [2.45, 2.75) is 64.2 Å². The fraction of sp³-hybridized carbons (Fsp3) is 1.00. The molecule has 15 heavy (non-hydrogen) atoms. The Kier molecular flexibility index (Phi) is 8.06. The lowest BCUT2D eigenvalue weighted by atomic mass is 10.1. The molecule has 0 fully saturated rings. The summed E-state index contributed by atoms with van der Waals surface area (Å²) in [4.78, 5) is 0. The van der Waals surface area contributed by atoms with Crippen LogP contribution in [0.15, 0.2) is 0 Å². The number of unbranched alkanes of at least 4 members (excludes halogenated alkanes) is 6. The van der Waals surface area contributed by atoms with Crippen LogP contribution in [0.2, 0.25) is 0 Å². The van der Waals surface area contributed by atoms with Crippen LogP contribution in [0.1, 0.15) is 58.8 Å². The standard InChI is InChI=1S/C11H24O3S/c1-3-4-5-6-7-8-9-10-15(13,14)11(2)12/h11-12H,3-10H2,1-2H3. The quantitative estimate of drug-likeness (QED) is 0.626. The van der Waals surface area contributed by atoms with Crippen LogP contribution in [0.25, 0.3) is 0 Å². The molecule has 1 atom stereocenters. The lowest BCUT2D eigenvalue weighted by Crippen LogP contribution is -2.20. The van der Waals surface area contributed by atoms with E-state index in [0.29, 0.717) is 6.42 Å². The normalized spacial score (nSPS) is 14.1. The van der Waals surface area contributed by atoms with E-state index in [1.807, 2.05) is 0 Å². The van der Waals surface area contributed by atoms with Crippen LogP contribution < -0.4 is 0 Å². The van der Waals surface area contributed by atoms with E-state index in [1.54, 1.807) is 0 Å². The molecule has 0 aromatic heterocycles. The average Bonchev–Trinajstić information content (AvgIpc) is 2.16. The molecule has 0 aliphatic heterocycles. The SMILES string of the molecule is CCCCCCCCCS(=O)(=O)C(C)O. The number of sulfone groups is 1. The van der Waals surface area contributed by atoms with E-state index in [0.717, 1.165) is 12.8 Å². The summed E-state index contributed by atoms with van der Waals surface area (Å²) in [6, 6.07) is 0. The van der Waals surface area contributed by atoms with E-state index < -0.39 is 15.3 Å². The lowest BCUT2D eigenvalue weighted by Gasteiger charge is -2.06. The Hall–Kier alpha value is -0.0900. The number of hydrogen-bond donors (Lipinski definition) is 1. The van der Waals surface area contributed by atoms with E-state index in [2.05, 4.69) is 6.92 Å². The third-order valence-electron chi connectivity index (χ3n) is 2.55. The average molecular weight is 236 g/mol. The third-order valence-corrected chi connectivity index (χ3v) is 4.45. The van der Waals surface area contributed by atoms with Crippen molar-refractivity contribution in [1.82, 2.24) is 0 Å². The zero-order valence-corrected chi connectivity index (χ0v) is 10.7. The van der Waals surface area contributed by atoms with Gasteiger partial charge in [-0.3, -0.25) is 0 Å². The summed E-state index contributed by atoms with van der Waals surface area (Å²) in [5, 5.41) is 8.96. The Morgan fingerprint density at radius 3 is 1.93 bits per heavy atom. The minimum atomic E-state index is -3.24. The summed E-state index contributed by atoms with van der Waals surface area (Å²) in [5.41, 5.74) is -1.21. The molecule has 0 aliphatic rings. The van der Waals surface area contributed by atoms with E-state index >= 15 is 0 Å². The highest BCUT2D eigenvalue weighted by atomic mass is 32.2. The molecule has 0 spiro atoms. The van der Waals surface area contributed by atoms with Gasteiger partial charge in [0.05, 0.1) is 5.75 Å². The fourth-order valence-electron chi connectivity index (χ4n) is 1.43. The first-order valence-corrected chi connectivity index (χ1v) is 7.62. The van der Waals surface area contributed by atoms with Crippen LogP contribution in [-0.4, -0.2) is 24.7 Å². The molecule has 0 amide bonds. The maximum atomic E-state index is 11.2. The number of aliphatic hydroxyl groups excluding tert-OH is 1. The number of hydrogen-bond acceptors (Lipinski definition) is 3. The van der Waals surface area contributed by atoms with E-state index in [4.69, 9.17) is 5.11 Å². The van der Waals surface area contributed by atoms with Gasteiger partial charge in [0.25, 0.3) is 0 Å². The topological polar surface area (TPSA) is 54.4 Å². The predicted octanol–water partition coefficient (Wildman–Crippen LogP) is 2.49. The van der Waals surface area contributed by atoms with Crippen LogP contribution in [0.5, 0.6) is 0 Å². The molecule has 1 N–H and O–H groups in total. The molecule has 0 saturated heterocycles. The molecule has 3 nitrogen and oxygen atoms in total. The van der Waals surface area contributed by atoms with Crippen molar-refractivity contribution >= 4 is 9.84 Å². The Morgan fingerprint density at radius 1 is 1.00 bits per heavy atom. The summed E-state index contributed by atoms with van der Waals surface area (Å²) in [7, 11) is -3.24. The smallest absolute Gasteiger partial charge is 0.176 e. The molecular weight excluding hydrogens is 212 g/mol. The number of aliphatic hydroxyl groups is 1. The van der Waals surface area contributed by atoms with Crippen LogP contribution in [0, 0.1) is 0 Å². The molecule has 0 aromatic carbocycles. The first kappa shape index (κ1) is 14.9. The molecule has 4 heteroatoms. The number of rotatable bonds is 9. The Bertz CT molecular complexity index is 232. The van der Waals surface area contributed by atoms with Gasteiger partial charge >= 0.3 is 0 Å². The summed E-state index contributed by atoms with van der Waals surface area (Å²) in [6.07, 6.45) is 7.69. The molecule has 0 radical (unpaired) electrons. The van der Waals surface area contributed by atoms with Crippen molar-refractivity contribution in [3.63, 3.8) is 0 Å². The van der Waals surface area contributed by atoms with Gasteiger partial charge in [-0.2, -0.15) is 0 Å². The van der Waals surface area contributed by atoms with Crippen LogP contribution in [0.4, 0.5) is 0 Å². The van der Waals surface area contributed by atoms with Gasteiger partial charge in [-0.15, -0.1) is 0 Å². The van der Waals surface area contributed by atoms with Gasteiger partial charge in [0.1, 0.15) is 0 Å². The van der Waals surface area contributed by atoms with E-state index in [9.17, 15) is 8.42 Å². The highest BCUT2D eigenvalue weighted by Gasteiger charge is 2.16. The minimum absolute atomic E-state index is 0.123. The monoisotopic (exact) mass is 236 g/mol. The van der Waals surface area contributed by atoms with Crippen molar-refractivity contribution in [2.24, 2.45) is 0 Å². The highest BCUT2D eigenvalue weighted by Crippen LogP contribution is 2.09. The molecular formula is C11H24O3S. The third kappa shape index (κ3) is 7.79. The molecule has 0 aromatic rings. The van der Waals surface area contributed by atoms with Gasteiger partial charge in [-0.25, -0.2) is 8.42 Å². The van der Waals surface area contributed by atoms with Crippen molar-refractivity contribution in [3.05, 3.63) is 0 Å².